The number of nitrogens with one attached hydrogen (secondary N) is 1. The normalized spacial score (nSPS) is 11.1. The monoisotopic (exact) mass is 358 g/mol. The van der Waals surface area contributed by atoms with Crippen LogP contribution in [-0.4, -0.2) is 25.0 Å². The zero-order chi connectivity index (χ0) is 17.9. The van der Waals surface area contributed by atoms with Crippen molar-refractivity contribution in [3.05, 3.63) is 53.1 Å². The zero-order valence-electron chi connectivity index (χ0n) is 12.8. The summed E-state index contributed by atoms with van der Waals surface area (Å²) >= 11 is 5.65. The van der Waals surface area contributed by atoms with Crippen molar-refractivity contribution in [2.45, 2.75) is 6.18 Å². The Hall–Kier alpha value is -2.41. The molecule has 0 radical (unpaired) electrons. The molecule has 2 rings (SSSR count). The number of hydrogen-bond acceptors (Lipinski definition) is 2. The molecule has 0 saturated heterocycles. The predicted octanol–water partition coefficient (Wildman–Crippen LogP) is 5.24. The Kier molecular flexibility index (Phi) is 5.23. The highest BCUT2D eigenvalue weighted by atomic mass is 35.5. The van der Waals surface area contributed by atoms with Crippen molar-refractivity contribution in [1.82, 2.24) is 4.90 Å². The lowest BCUT2D eigenvalue weighted by molar-refractivity contribution is -0.137. The molecule has 1 N–H and O–H groups in total. The van der Waals surface area contributed by atoms with Crippen LogP contribution in [-0.2, 0) is 6.18 Å². The van der Waals surface area contributed by atoms with Crippen LogP contribution in [0, 0.1) is 0 Å². The third-order valence-corrected chi connectivity index (χ3v) is 3.29. The van der Waals surface area contributed by atoms with E-state index in [1.54, 1.807) is 38.4 Å². The van der Waals surface area contributed by atoms with Crippen LogP contribution in [0.3, 0.4) is 0 Å². The van der Waals surface area contributed by atoms with Crippen molar-refractivity contribution in [2.75, 3.05) is 19.4 Å². The molecular weight excluding hydrogens is 345 g/mol. The fraction of sp³-hybridized carbons (Fsp3) is 0.188. The summed E-state index contributed by atoms with van der Waals surface area (Å²) in [4.78, 5) is 13.0. The molecule has 128 valence electrons. The lowest BCUT2D eigenvalue weighted by Gasteiger charge is -2.14. The van der Waals surface area contributed by atoms with E-state index >= 15 is 0 Å². The molecule has 2 aromatic rings. The Labute approximate surface area is 141 Å². The van der Waals surface area contributed by atoms with E-state index in [1.807, 2.05) is 0 Å². The molecule has 0 fully saturated rings. The van der Waals surface area contributed by atoms with E-state index in [1.165, 1.54) is 11.0 Å². The average molecular weight is 359 g/mol. The number of amides is 2. The van der Waals surface area contributed by atoms with Gasteiger partial charge in [-0.05, 0) is 24.3 Å². The minimum absolute atomic E-state index is 0.157. The molecule has 0 unspecified atom stereocenters. The fourth-order valence-electron chi connectivity index (χ4n) is 1.80. The first-order chi connectivity index (χ1) is 11.2. The van der Waals surface area contributed by atoms with Gasteiger partial charge < -0.3 is 15.0 Å². The van der Waals surface area contributed by atoms with Crippen LogP contribution in [0.1, 0.15) is 5.56 Å². The molecule has 2 aromatic carbocycles. The third kappa shape index (κ3) is 4.55. The van der Waals surface area contributed by atoms with Gasteiger partial charge in [0, 0.05) is 31.9 Å². The van der Waals surface area contributed by atoms with Gasteiger partial charge in [-0.3, -0.25) is 0 Å². The van der Waals surface area contributed by atoms with E-state index in [9.17, 15) is 18.0 Å². The number of anilines is 1. The second kappa shape index (κ2) is 7.00. The summed E-state index contributed by atoms with van der Waals surface area (Å²) in [5.41, 5.74) is -0.437. The fourth-order valence-corrected chi connectivity index (χ4v) is 2.08. The van der Waals surface area contributed by atoms with Gasteiger partial charge in [-0.2, -0.15) is 13.2 Å². The maximum atomic E-state index is 12.7. The highest BCUT2D eigenvalue weighted by Gasteiger charge is 2.33. The van der Waals surface area contributed by atoms with Crippen LogP contribution in [0.15, 0.2) is 42.5 Å². The summed E-state index contributed by atoms with van der Waals surface area (Å²) in [6.45, 7) is 0. The number of carbonyl (C=O) groups is 1. The Morgan fingerprint density at radius 3 is 2.38 bits per heavy atom. The number of alkyl halides is 3. The first kappa shape index (κ1) is 17.9. The number of ether oxygens (including phenoxy) is 1. The predicted molar refractivity (Wildman–Crippen MR) is 85.7 cm³/mol. The summed E-state index contributed by atoms with van der Waals surface area (Å²) in [7, 11) is 3.19. The van der Waals surface area contributed by atoms with Crippen LogP contribution >= 0.6 is 11.6 Å². The van der Waals surface area contributed by atoms with Crippen LogP contribution in [0.2, 0.25) is 5.02 Å². The van der Waals surface area contributed by atoms with Gasteiger partial charge in [0.1, 0.15) is 11.5 Å². The molecule has 0 heterocycles. The average Bonchev–Trinajstić information content (AvgIpc) is 2.46. The molecule has 24 heavy (non-hydrogen) atoms. The highest BCUT2D eigenvalue weighted by Crippen LogP contribution is 2.37. The molecule has 0 aliphatic heterocycles. The van der Waals surface area contributed by atoms with Crippen LogP contribution in [0.25, 0.3) is 0 Å². The second-order valence-electron chi connectivity index (χ2n) is 5.09. The summed E-state index contributed by atoms with van der Waals surface area (Å²) < 4.78 is 43.5. The van der Waals surface area contributed by atoms with Crippen molar-refractivity contribution < 1.29 is 22.7 Å². The van der Waals surface area contributed by atoms with Gasteiger partial charge in [0.25, 0.3) is 0 Å². The van der Waals surface area contributed by atoms with Gasteiger partial charge in [0.15, 0.2) is 0 Å². The van der Waals surface area contributed by atoms with E-state index in [2.05, 4.69) is 5.32 Å². The molecule has 0 aliphatic rings. The first-order valence-corrected chi connectivity index (χ1v) is 7.17. The topological polar surface area (TPSA) is 41.6 Å². The van der Waals surface area contributed by atoms with Crippen LogP contribution in [0.4, 0.5) is 23.7 Å². The summed E-state index contributed by atoms with van der Waals surface area (Å²) in [6.07, 6.45) is -4.52. The number of urea groups is 1. The number of benzene rings is 2. The second-order valence-corrected chi connectivity index (χ2v) is 5.50. The number of halogens is 4. The largest absolute Gasteiger partial charge is 0.457 e. The molecule has 0 aliphatic carbocycles. The standard InChI is InChI=1S/C16H14ClF3N2O2/c1-22(2)15(23)21-10-4-3-5-11(8-10)24-12-6-7-13(14(17)9-12)16(18,19)20/h3-9H,1-2H3,(H,21,23). The Bertz CT molecular complexity index is 748. The molecule has 0 atom stereocenters. The third-order valence-electron chi connectivity index (χ3n) is 2.97. The van der Waals surface area contributed by atoms with Gasteiger partial charge in [0.05, 0.1) is 10.6 Å². The smallest absolute Gasteiger partial charge is 0.417 e. The van der Waals surface area contributed by atoms with E-state index in [0.717, 1.165) is 12.1 Å². The van der Waals surface area contributed by atoms with E-state index in [-0.39, 0.29) is 11.8 Å². The van der Waals surface area contributed by atoms with Crippen molar-refractivity contribution in [2.24, 2.45) is 0 Å². The van der Waals surface area contributed by atoms with Gasteiger partial charge in [-0.25, -0.2) is 4.79 Å². The summed E-state index contributed by atoms with van der Waals surface area (Å²) in [6, 6.07) is 9.28. The lowest BCUT2D eigenvalue weighted by Crippen LogP contribution is -2.27. The highest BCUT2D eigenvalue weighted by molar-refractivity contribution is 6.31. The number of nitrogens with zero attached hydrogens (tertiary/aromatic N) is 1. The van der Waals surface area contributed by atoms with Crippen molar-refractivity contribution in [3.8, 4) is 11.5 Å². The zero-order valence-corrected chi connectivity index (χ0v) is 13.6. The van der Waals surface area contributed by atoms with Crippen molar-refractivity contribution >= 4 is 23.3 Å². The van der Waals surface area contributed by atoms with Crippen molar-refractivity contribution in [1.29, 1.82) is 0 Å². The summed E-state index contributed by atoms with van der Waals surface area (Å²) in [5.74, 6) is 0.506. The van der Waals surface area contributed by atoms with Gasteiger partial charge in [-0.1, -0.05) is 17.7 Å². The lowest BCUT2D eigenvalue weighted by atomic mass is 10.2. The van der Waals surface area contributed by atoms with Crippen LogP contribution in [0.5, 0.6) is 11.5 Å². The minimum Gasteiger partial charge on any atom is -0.457 e. The van der Waals surface area contributed by atoms with E-state index in [0.29, 0.717) is 11.4 Å². The van der Waals surface area contributed by atoms with E-state index < -0.39 is 16.8 Å². The summed E-state index contributed by atoms with van der Waals surface area (Å²) in [5, 5.41) is 2.19. The molecule has 0 bridgehead atoms. The molecule has 4 nitrogen and oxygen atoms in total. The Morgan fingerprint density at radius 2 is 1.79 bits per heavy atom. The molecule has 0 spiro atoms. The molecular formula is C16H14ClF3N2O2. The first-order valence-electron chi connectivity index (χ1n) is 6.80. The minimum atomic E-state index is -4.52. The maximum Gasteiger partial charge on any atom is 0.417 e. The number of rotatable bonds is 3. The number of carbonyl (C=O) groups excluding carboxylic acids is 1. The maximum absolute atomic E-state index is 12.7. The molecule has 0 aromatic heterocycles. The molecule has 8 heteroatoms. The Balaban J connectivity index is 2.17. The van der Waals surface area contributed by atoms with Gasteiger partial charge >= 0.3 is 12.2 Å². The quantitative estimate of drug-likeness (QED) is 0.814. The van der Waals surface area contributed by atoms with Gasteiger partial charge in [0.2, 0.25) is 0 Å². The van der Waals surface area contributed by atoms with Crippen molar-refractivity contribution in [3.63, 3.8) is 0 Å². The molecule has 2 amide bonds. The molecule has 0 saturated carbocycles. The van der Waals surface area contributed by atoms with Gasteiger partial charge in [-0.15, -0.1) is 0 Å². The number of hydrogen-bond donors (Lipinski definition) is 1. The van der Waals surface area contributed by atoms with E-state index in [4.69, 9.17) is 16.3 Å². The SMILES string of the molecule is CN(C)C(=O)Nc1cccc(Oc2ccc(C(F)(F)F)c(Cl)c2)c1. The Morgan fingerprint density at radius 1 is 1.12 bits per heavy atom. The van der Waals surface area contributed by atoms with Crippen LogP contribution < -0.4 is 10.1 Å².